The maximum absolute atomic E-state index is 12.8. The molecule has 0 aromatic rings. The fraction of sp³-hybridized carbons (Fsp3) is 0.797. The molecule has 0 amide bonds. The van der Waals surface area contributed by atoms with Crippen molar-refractivity contribution in [3.05, 3.63) is 60.8 Å². The Labute approximate surface area is 398 Å². The van der Waals surface area contributed by atoms with Crippen LogP contribution in [0.5, 0.6) is 0 Å². The van der Waals surface area contributed by atoms with Gasteiger partial charge in [0.1, 0.15) is 6.61 Å². The Morgan fingerprint density at radius 3 is 1.14 bits per heavy atom. The van der Waals surface area contributed by atoms with Crippen LogP contribution in [0.4, 0.5) is 0 Å². The molecule has 5 nitrogen and oxygen atoms in total. The van der Waals surface area contributed by atoms with Crippen LogP contribution in [-0.2, 0) is 23.8 Å². The fourth-order valence-electron chi connectivity index (χ4n) is 7.91. The molecule has 0 N–H and O–H groups in total. The van der Waals surface area contributed by atoms with Crippen LogP contribution in [0, 0.1) is 0 Å². The van der Waals surface area contributed by atoms with Crippen LogP contribution < -0.4 is 0 Å². The summed E-state index contributed by atoms with van der Waals surface area (Å²) in [6.07, 6.45) is 69.6. The van der Waals surface area contributed by atoms with Gasteiger partial charge in [-0.05, 0) is 83.5 Å². The Morgan fingerprint density at radius 2 is 0.703 bits per heavy atom. The summed E-state index contributed by atoms with van der Waals surface area (Å²) in [6.45, 7) is 7.71. The number of allylic oxidation sites excluding steroid dienone is 10. The van der Waals surface area contributed by atoms with Crippen LogP contribution in [0.25, 0.3) is 0 Å². The van der Waals surface area contributed by atoms with Crippen molar-refractivity contribution in [3.8, 4) is 0 Å². The van der Waals surface area contributed by atoms with Gasteiger partial charge in [0, 0.05) is 19.4 Å². The highest BCUT2D eigenvalue weighted by atomic mass is 16.6. The molecule has 1 unspecified atom stereocenters. The first kappa shape index (κ1) is 61.6. The fourth-order valence-corrected chi connectivity index (χ4v) is 7.91. The van der Waals surface area contributed by atoms with E-state index in [2.05, 4.69) is 81.5 Å². The van der Waals surface area contributed by atoms with E-state index in [1.165, 1.54) is 167 Å². The smallest absolute Gasteiger partial charge is 0.306 e. The lowest BCUT2D eigenvalue weighted by molar-refractivity contribution is -0.163. The maximum atomic E-state index is 12.8. The summed E-state index contributed by atoms with van der Waals surface area (Å²) in [5, 5.41) is 0. The lowest BCUT2D eigenvalue weighted by atomic mass is 10.1. The predicted octanol–water partition coefficient (Wildman–Crippen LogP) is 18.9. The molecule has 64 heavy (non-hydrogen) atoms. The van der Waals surface area contributed by atoms with E-state index in [9.17, 15) is 9.59 Å². The van der Waals surface area contributed by atoms with Crippen molar-refractivity contribution in [2.24, 2.45) is 0 Å². The zero-order valence-electron chi connectivity index (χ0n) is 42.8. The van der Waals surface area contributed by atoms with Gasteiger partial charge in [-0.15, -0.1) is 0 Å². The topological polar surface area (TPSA) is 61.8 Å². The van der Waals surface area contributed by atoms with Gasteiger partial charge < -0.3 is 14.2 Å². The van der Waals surface area contributed by atoms with E-state index in [1.807, 2.05) is 0 Å². The molecule has 0 aliphatic heterocycles. The second-order valence-corrected chi connectivity index (χ2v) is 18.5. The van der Waals surface area contributed by atoms with E-state index >= 15 is 0 Å². The van der Waals surface area contributed by atoms with Gasteiger partial charge in [-0.3, -0.25) is 9.59 Å². The molecule has 0 rings (SSSR count). The molecule has 0 radical (unpaired) electrons. The average molecular weight is 895 g/mol. The molecular weight excluding hydrogens is 789 g/mol. The molecular formula is C59H106O5. The normalized spacial score (nSPS) is 12.6. The van der Waals surface area contributed by atoms with Crippen molar-refractivity contribution in [2.45, 2.75) is 284 Å². The minimum absolute atomic E-state index is 0.0790. The molecule has 0 heterocycles. The van der Waals surface area contributed by atoms with Gasteiger partial charge >= 0.3 is 11.9 Å². The molecule has 0 aliphatic rings. The molecule has 5 heteroatoms. The third-order valence-corrected chi connectivity index (χ3v) is 12.0. The highest BCUT2D eigenvalue weighted by Gasteiger charge is 2.17. The highest BCUT2D eigenvalue weighted by molar-refractivity contribution is 5.70. The van der Waals surface area contributed by atoms with Crippen molar-refractivity contribution in [1.29, 1.82) is 0 Å². The Bertz CT molecular complexity index is 1100. The van der Waals surface area contributed by atoms with Crippen molar-refractivity contribution >= 4 is 11.9 Å². The number of unbranched alkanes of at least 4 members (excludes halogenated alkanes) is 30. The maximum Gasteiger partial charge on any atom is 0.306 e. The average Bonchev–Trinajstić information content (AvgIpc) is 3.30. The number of rotatable bonds is 51. The minimum Gasteiger partial charge on any atom is -0.462 e. The zero-order valence-corrected chi connectivity index (χ0v) is 42.8. The van der Waals surface area contributed by atoms with E-state index in [0.29, 0.717) is 19.4 Å². The van der Waals surface area contributed by atoms with Crippen molar-refractivity contribution < 1.29 is 23.8 Å². The summed E-state index contributed by atoms with van der Waals surface area (Å²) >= 11 is 0. The molecule has 0 spiro atoms. The highest BCUT2D eigenvalue weighted by Crippen LogP contribution is 2.15. The molecule has 0 aromatic heterocycles. The van der Waals surface area contributed by atoms with Crippen molar-refractivity contribution in [3.63, 3.8) is 0 Å². The molecule has 0 bridgehead atoms. The second-order valence-electron chi connectivity index (χ2n) is 18.5. The van der Waals surface area contributed by atoms with Crippen LogP contribution >= 0.6 is 0 Å². The van der Waals surface area contributed by atoms with E-state index in [0.717, 1.165) is 77.0 Å². The Hall–Kier alpha value is -2.40. The predicted molar refractivity (Wildman–Crippen MR) is 279 cm³/mol. The molecule has 0 saturated heterocycles. The summed E-state index contributed by atoms with van der Waals surface area (Å²) in [5.41, 5.74) is 0. The van der Waals surface area contributed by atoms with Crippen molar-refractivity contribution in [1.82, 2.24) is 0 Å². The van der Waals surface area contributed by atoms with Crippen LogP contribution in [-0.4, -0.2) is 37.9 Å². The van der Waals surface area contributed by atoms with Crippen LogP contribution in [0.3, 0.4) is 0 Å². The summed E-state index contributed by atoms with van der Waals surface area (Å²) < 4.78 is 17.4. The monoisotopic (exact) mass is 895 g/mol. The van der Waals surface area contributed by atoms with E-state index in [1.54, 1.807) is 0 Å². The van der Waals surface area contributed by atoms with E-state index < -0.39 is 6.10 Å². The van der Waals surface area contributed by atoms with Gasteiger partial charge in [0.05, 0.1) is 6.61 Å². The molecule has 0 fully saturated rings. The van der Waals surface area contributed by atoms with Gasteiger partial charge in [-0.1, -0.05) is 242 Å². The number of carbonyl (C=O) groups is 2. The minimum atomic E-state index is -0.540. The first-order chi connectivity index (χ1) is 31.6. The van der Waals surface area contributed by atoms with E-state index in [4.69, 9.17) is 14.2 Å². The summed E-state index contributed by atoms with van der Waals surface area (Å²) in [7, 11) is 0. The first-order valence-corrected chi connectivity index (χ1v) is 27.8. The lowest BCUT2D eigenvalue weighted by Gasteiger charge is -2.18. The number of hydrogen-bond donors (Lipinski definition) is 0. The Morgan fingerprint density at radius 1 is 0.359 bits per heavy atom. The molecule has 0 aromatic carbocycles. The lowest BCUT2D eigenvalue weighted by Crippen LogP contribution is -2.30. The summed E-state index contributed by atoms with van der Waals surface area (Å²) in [4.78, 5) is 25.4. The molecule has 0 aliphatic carbocycles. The van der Waals surface area contributed by atoms with Gasteiger partial charge in [-0.2, -0.15) is 0 Å². The standard InChI is InChI=1S/C59H106O5/c1-4-7-10-13-16-19-21-23-25-27-29-31-33-35-37-39-42-45-48-51-54-62-55-57(64-59(61)53-50-47-44-40-18-15-12-9-6-3)56-63-58(60)52-49-46-43-41-38-36-34-32-30-28-26-24-22-20-17-14-11-8-5-2/h8,11,17,20,23-26,30,32,57H,4-7,9-10,12-16,18-19,21-22,27-29,31,33-56H2,1-3H3/b11-8-,20-17-,25-23-,26-24-,32-30-. The largest absolute Gasteiger partial charge is 0.462 e. The molecule has 372 valence electrons. The third-order valence-electron chi connectivity index (χ3n) is 12.0. The quantitative estimate of drug-likeness (QED) is 0.0346. The Balaban J connectivity index is 4.16. The van der Waals surface area contributed by atoms with Crippen LogP contribution in [0.15, 0.2) is 60.8 Å². The second kappa shape index (κ2) is 54.9. The van der Waals surface area contributed by atoms with Gasteiger partial charge in [0.25, 0.3) is 0 Å². The van der Waals surface area contributed by atoms with Crippen LogP contribution in [0.1, 0.15) is 278 Å². The van der Waals surface area contributed by atoms with Crippen molar-refractivity contribution in [2.75, 3.05) is 19.8 Å². The zero-order chi connectivity index (χ0) is 46.3. The van der Waals surface area contributed by atoms with E-state index in [-0.39, 0.29) is 25.2 Å². The Kier molecular flexibility index (Phi) is 52.9. The number of carbonyl (C=O) groups excluding carboxylic acids is 2. The summed E-state index contributed by atoms with van der Waals surface area (Å²) in [6, 6.07) is 0. The van der Waals surface area contributed by atoms with Crippen LogP contribution in [0.2, 0.25) is 0 Å². The number of esters is 2. The SMILES string of the molecule is CC/C=C\C/C=C\C/C=C\C/C=C\CCCCCCCCC(=O)OCC(COCCCCCCCCCCCC/C=C\CCCCCCCC)OC(=O)CCCCCCCCCCC. The molecule has 1 atom stereocenters. The van der Waals surface area contributed by atoms with Gasteiger partial charge in [-0.25, -0.2) is 0 Å². The summed E-state index contributed by atoms with van der Waals surface area (Å²) in [5.74, 6) is -0.407. The van der Waals surface area contributed by atoms with Gasteiger partial charge in [0.2, 0.25) is 0 Å². The number of hydrogen-bond acceptors (Lipinski definition) is 5. The first-order valence-electron chi connectivity index (χ1n) is 27.8. The van der Waals surface area contributed by atoms with Gasteiger partial charge in [0.15, 0.2) is 6.10 Å². The number of ether oxygens (including phenoxy) is 3. The third kappa shape index (κ3) is 52.2. The molecule has 0 saturated carbocycles.